The first-order valence-electron chi connectivity index (χ1n) is 8.08. The second-order valence-electron chi connectivity index (χ2n) is 5.97. The van der Waals surface area contributed by atoms with E-state index in [1.54, 1.807) is 12.4 Å². The van der Waals surface area contributed by atoms with E-state index in [2.05, 4.69) is 27.4 Å². The molecular formula is C17H22N4O2. The Morgan fingerprint density at radius 1 is 1.39 bits per heavy atom. The van der Waals surface area contributed by atoms with Gasteiger partial charge in [0.25, 0.3) is 5.91 Å². The predicted octanol–water partition coefficient (Wildman–Crippen LogP) is 1.74. The van der Waals surface area contributed by atoms with Crippen molar-refractivity contribution in [3.05, 3.63) is 47.5 Å². The summed E-state index contributed by atoms with van der Waals surface area (Å²) in [6.45, 7) is 3.31. The van der Waals surface area contributed by atoms with Crippen LogP contribution in [0.2, 0.25) is 0 Å². The van der Waals surface area contributed by atoms with Gasteiger partial charge >= 0.3 is 0 Å². The van der Waals surface area contributed by atoms with Crippen LogP contribution < -0.4 is 5.32 Å². The number of aromatic amines is 1. The molecule has 1 fully saturated rings. The van der Waals surface area contributed by atoms with Crippen LogP contribution in [0.4, 0.5) is 0 Å². The molecule has 1 saturated heterocycles. The zero-order valence-corrected chi connectivity index (χ0v) is 13.3. The van der Waals surface area contributed by atoms with Crippen LogP contribution in [0.25, 0.3) is 0 Å². The molecule has 3 rings (SSSR count). The summed E-state index contributed by atoms with van der Waals surface area (Å²) < 4.78 is 5.56. The van der Waals surface area contributed by atoms with Gasteiger partial charge in [0.2, 0.25) is 0 Å². The number of nitrogens with zero attached hydrogens (tertiary/aromatic N) is 2. The second kappa shape index (κ2) is 7.37. The molecule has 3 heterocycles. The fourth-order valence-electron chi connectivity index (χ4n) is 2.90. The van der Waals surface area contributed by atoms with Gasteiger partial charge in [0.1, 0.15) is 5.69 Å². The summed E-state index contributed by atoms with van der Waals surface area (Å²) in [7, 11) is 0. The first-order chi connectivity index (χ1) is 11.3. The van der Waals surface area contributed by atoms with Gasteiger partial charge in [0.15, 0.2) is 0 Å². The SMILES string of the molecule is CCCc1cc(C(=O)NC2COCC2Cc2ccncc2)n[nH]1. The zero-order chi connectivity index (χ0) is 16.1. The van der Waals surface area contributed by atoms with Gasteiger partial charge < -0.3 is 10.1 Å². The summed E-state index contributed by atoms with van der Waals surface area (Å²) >= 11 is 0. The summed E-state index contributed by atoms with van der Waals surface area (Å²) in [6.07, 6.45) is 6.37. The summed E-state index contributed by atoms with van der Waals surface area (Å²) in [5.74, 6) is 0.134. The maximum atomic E-state index is 12.4. The standard InChI is InChI=1S/C17H22N4O2/c1-2-3-14-9-15(21-20-14)17(22)19-16-11-23-10-13(16)8-12-4-6-18-7-5-12/h4-7,9,13,16H,2-3,8,10-11H2,1H3,(H,19,22)(H,20,21). The summed E-state index contributed by atoms with van der Waals surface area (Å²) in [5, 5.41) is 10.1. The number of H-pyrrole nitrogens is 1. The zero-order valence-electron chi connectivity index (χ0n) is 13.3. The van der Waals surface area contributed by atoms with Gasteiger partial charge in [-0.25, -0.2) is 0 Å². The minimum absolute atomic E-state index is 0.0157. The average molecular weight is 314 g/mol. The highest BCUT2D eigenvalue weighted by Crippen LogP contribution is 2.19. The molecule has 6 nitrogen and oxygen atoms in total. The van der Waals surface area contributed by atoms with Crippen LogP contribution in [0.1, 0.15) is 35.1 Å². The molecular weight excluding hydrogens is 292 g/mol. The highest BCUT2D eigenvalue weighted by molar-refractivity contribution is 5.92. The number of pyridine rings is 1. The molecule has 0 aromatic carbocycles. The Balaban J connectivity index is 1.60. The molecule has 1 amide bonds. The normalized spacial score (nSPS) is 20.6. The van der Waals surface area contributed by atoms with E-state index in [4.69, 9.17) is 4.74 Å². The number of carbonyl (C=O) groups is 1. The largest absolute Gasteiger partial charge is 0.379 e. The lowest BCUT2D eigenvalue weighted by molar-refractivity contribution is 0.0920. The molecule has 0 radical (unpaired) electrons. The molecule has 2 aromatic rings. The van der Waals surface area contributed by atoms with E-state index < -0.39 is 0 Å². The number of rotatable bonds is 6. The molecule has 23 heavy (non-hydrogen) atoms. The molecule has 0 aliphatic carbocycles. The van der Waals surface area contributed by atoms with E-state index in [1.165, 1.54) is 5.56 Å². The van der Waals surface area contributed by atoms with E-state index in [1.807, 2.05) is 18.2 Å². The topological polar surface area (TPSA) is 79.9 Å². The van der Waals surface area contributed by atoms with Gasteiger partial charge in [0.05, 0.1) is 19.3 Å². The highest BCUT2D eigenvalue weighted by Gasteiger charge is 2.30. The highest BCUT2D eigenvalue weighted by atomic mass is 16.5. The molecule has 0 bridgehead atoms. The molecule has 6 heteroatoms. The number of hydrogen-bond donors (Lipinski definition) is 2. The first-order valence-corrected chi connectivity index (χ1v) is 8.08. The summed E-state index contributed by atoms with van der Waals surface area (Å²) in [6, 6.07) is 5.85. The van der Waals surface area contributed by atoms with Gasteiger partial charge in [-0.2, -0.15) is 5.10 Å². The Hall–Kier alpha value is -2.21. The van der Waals surface area contributed by atoms with E-state index in [9.17, 15) is 4.79 Å². The van der Waals surface area contributed by atoms with E-state index in [0.717, 1.165) is 25.0 Å². The van der Waals surface area contributed by atoms with Crippen molar-refractivity contribution in [2.24, 2.45) is 5.92 Å². The number of ether oxygens (including phenoxy) is 1. The van der Waals surface area contributed by atoms with Crippen LogP contribution in [0.15, 0.2) is 30.6 Å². The Kier molecular flexibility index (Phi) is 5.02. The molecule has 2 aromatic heterocycles. The Morgan fingerprint density at radius 2 is 2.22 bits per heavy atom. The number of amides is 1. The van der Waals surface area contributed by atoms with Crippen LogP contribution in [0.3, 0.4) is 0 Å². The second-order valence-corrected chi connectivity index (χ2v) is 5.97. The van der Waals surface area contributed by atoms with Gasteiger partial charge in [-0.15, -0.1) is 0 Å². The lowest BCUT2D eigenvalue weighted by Gasteiger charge is -2.18. The van der Waals surface area contributed by atoms with E-state index in [-0.39, 0.29) is 17.9 Å². The molecule has 2 N–H and O–H groups in total. The first kappa shape index (κ1) is 15.7. The maximum absolute atomic E-state index is 12.4. The quantitative estimate of drug-likeness (QED) is 0.851. The van der Waals surface area contributed by atoms with Crippen molar-refractivity contribution in [2.75, 3.05) is 13.2 Å². The maximum Gasteiger partial charge on any atom is 0.272 e. The van der Waals surface area contributed by atoms with Gasteiger partial charge in [-0.1, -0.05) is 13.3 Å². The van der Waals surface area contributed by atoms with Gasteiger partial charge in [-0.05, 0) is 36.6 Å². The molecule has 1 aliphatic rings. The van der Waals surface area contributed by atoms with Crippen molar-refractivity contribution in [1.82, 2.24) is 20.5 Å². The minimum Gasteiger partial charge on any atom is -0.379 e. The number of carbonyl (C=O) groups excluding carboxylic acids is 1. The Morgan fingerprint density at radius 3 is 3.00 bits per heavy atom. The Labute approximate surface area is 135 Å². The van der Waals surface area contributed by atoms with Gasteiger partial charge in [0, 0.05) is 24.0 Å². The van der Waals surface area contributed by atoms with Crippen molar-refractivity contribution in [3.63, 3.8) is 0 Å². The molecule has 0 saturated carbocycles. The fourth-order valence-corrected chi connectivity index (χ4v) is 2.90. The van der Waals surface area contributed by atoms with Crippen LogP contribution in [-0.4, -0.2) is 40.3 Å². The van der Waals surface area contributed by atoms with Crippen molar-refractivity contribution in [1.29, 1.82) is 0 Å². The van der Waals surface area contributed by atoms with E-state index in [0.29, 0.717) is 18.9 Å². The molecule has 122 valence electrons. The molecule has 0 spiro atoms. The van der Waals surface area contributed by atoms with Crippen LogP contribution in [-0.2, 0) is 17.6 Å². The van der Waals surface area contributed by atoms with Crippen molar-refractivity contribution < 1.29 is 9.53 Å². The van der Waals surface area contributed by atoms with E-state index >= 15 is 0 Å². The smallest absolute Gasteiger partial charge is 0.272 e. The van der Waals surface area contributed by atoms with Crippen LogP contribution in [0.5, 0.6) is 0 Å². The molecule has 2 unspecified atom stereocenters. The Bertz CT molecular complexity index is 641. The predicted molar refractivity (Wildman–Crippen MR) is 86.1 cm³/mol. The van der Waals surface area contributed by atoms with Crippen molar-refractivity contribution in [3.8, 4) is 0 Å². The molecule has 2 atom stereocenters. The third kappa shape index (κ3) is 3.96. The number of aryl methyl sites for hydroxylation is 1. The minimum atomic E-state index is -0.140. The third-order valence-electron chi connectivity index (χ3n) is 4.14. The molecule has 1 aliphatic heterocycles. The number of hydrogen-bond acceptors (Lipinski definition) is 4. The van der Waals surface area contributed by atoms with Crippen molar-refractivity contribution >= 4 is 5.91 Å². The van der Waals surface area contributed by atoms with Gasteiger partial charge in [-0.3, -0.25) is 14.9 Å². The number of aromatic nitrogens is 3. The average Bonchev–Trinajstić information content (AvgIpc) is 3.19. The fraction of sp³-hybridized carbons (Fsp3) is 0.471. The lowest BCUT2D eigenvalue weighted by atomic mass is 9.95. The van der Waals surface area contributed by atoms with Crippen molar-refractivity contribution in [2.45, 2.75) is 32.2 Å². The summed E-state index contributed by atoms with van der Waals surface area (Å²) in [4.78, 5) is 16.4. The third-order valence-corrected chi connectivity index (χ3v) is 4.14. The summed E-state index contributed by atoms with van der Waals surface area (Å²) in [5.41, 5.74) is 2.65. The number of nitrogens with one attached hydrogen (secondary N) is 2. The van der Waals surface area contributed by atoms with Crippen LogP contribution >= 0.6 is 0 Å². The monoisotopic (exact) mass is 314 g/mol. The lowest BCUT2D eigenvalue weighted by Crippen LogP contribution is -2.40. The van der Waals surface area contributed by atoms with Crippen LogP contribution in [0, 0.1) is 5.92 Å².